The van der Waals surface area contributed by atoms with Crippen molar-refractivity contribution in [1.29, 1.82) is 0 Å². The second-order valence-corrected chi connectivity index (χ2v) is 4.66. The smallest absolute Gasteiger partial charge is 0.178 e. The van der Waals surface area contributed by atoms with Crippen LogP contribution in [0.1, 0.15) is 11.1 Å². The highest BCUT2D eigenvalue weighted by atomic mass is 16.1. The van der Waals surface area contributed by atoms with Crippen LogP contribution < -0.4 is 0 Å². The predicted molar refractivity (Wildman–Crippen MR) is 94.2 cm³/mol. The third kappa shape index (κ3) is 6.02. The molecule has 0 radical (unpaired) electrons. The fourth-order valence-corrected chi connectivity index (χ4v) is 1.82. The first-order valence-corrected chi connectivity index (χ1v) is 7.18. The van der Waals surface area contributed by atoms with Gasteiger partial charge in [0.05, 0.1) is 0 Å². The van der Waals surface area contributed by atoms with Crippen LogP contribution in [0.25, 0.3) is 12.2 Å². The fourth-order valence-electron chi connectivity index (χ4n) is 1.82. The van der Waals surface area contributed by atoms with Crippen LogP contribution in [0.2, 0.25) is 0 Å². The molecule has 0 spiro atoms. The summed E-state index contributed by atoms with van der Waals surface area (Å²) in [4.78, 5) is 11.6. The maximum Gasteiger partial charge on any atom is 0.178 e. The van der Waals surface area contributed by atoms with Crippen LogP contribution in [0.15, 0.2) is 97.1 Å². The maximum absolute atomic E-state index is 11.6. The van der Waals surface area contributed by atoms with Crippen molar-refractivity contribution in [2.75, 3.05) is 0 Å². The Morgan fingerprint density at radius 1 is 0.591 bits per heavy atom. The molecule has 0 fully saturated rings. The van der Waals surface area contributed by atoms with Gasteiger partial charge in [0.2, 0.25) is 0 Å². The Hall–Kier alpha value is -2.93. The lowest BCUT2D eigenvalue weighted by Crippen LogP contribution is -1.82. The average Bonchev–Trinajstić information content (AvgIpc) is 2.57. The number of carbonyl (C=O) groups excluding carboxylic acids is 1. The highest BCUT2D eigenvalue weighted by Gasteiger charge is 1.86. The van der Waals surface area contributed by atoms with Gasteiger partial charge in [-0.3, -0.25) is 4.79 Å². The molecule has 0 aliphatic carbocycles. The van der Waals surface area contributed by atoms with Gasteiger partial charge in [-0.25, -0.2) is 0 Å². The molecule has 0 bridgehead atoms. The summed E-state index contributed by atoms with van der Waals surface area (Å²) in [6.45, 7) is 0. The summed E-state index contributed by atoms with van der Waals surface area (Å²) in [6, 6.07) is 19.9. The molecule has 2 aromatic carbocycles. The monoisotopic (exact) mass is 286 g/mol. The largest absolute Gasteiger partial charge is 0.290 e. The van der Waals surface area contributed by atoms with Crippen LogP contribution in [0.3, 0.4) is 0 Å². The summed E-state index contributed by atoms with van der Waals surface area (Å²) < 4.78 is 0. The minimum Gasteiger partial charge on any atom is -0.290 e. The number of carbonyl (C=O) groups is 1. The van der Waals surface area contributed by atoms with Crippen molar-refractivity contribution < 1.29 is 4.79 Å². The number of hydrogen-bond acceptors (Lipinski definition) is 1. The molecule has 0 N–H and O–H groups in total. The minimum atomic E-state index is -0.0320. The lowest BCUT2D eigenvalue weighted by molar-refractivity contribution is -0.110. The first-order valence-electron chi connectivity index (χ1n) is 7.18. The second-order valence-electron chi connectivity index (χ2n) is 4.66. The van der Waals surface area contributed by atoms with E-state index < -0.39 is 0 Å². The van der Waals surface area contributed by atoms with E-state index in [9.17, 15) is 4.79 Å². The Labute approximate surface area is 131 Å². The first-order chi connectivity index (χ1) is 10.8. The van der Waals surface area contributed by atoms with Gasteiger partial charge in [0.15, 0.2) is 5.78 Å². The Balaban J connectivity index is 1.80. The van der Waals surface area contributed by atoms with E-state index in [0.717, 1.165) is 11.1 Å². The van der Waals surface area contributed by atoms with Gasteiger partial charge in [-0.05, 0) is 23.3 Å². The molecule has 0 saturated heterocycles. The fraction of sp³-hybridized carbons (Fsp3) is 0. The zero-order valence-corrected chi connectivity index (χ0v) is 12.3. The van der Waals surface area contributed by atoms with Crippen LogP contribution in [0, 0.1) is 0 Å². The second kappa shape index (κ2) is 9.09. The SMILES string of the molecule is O=C(/C=C\C=C\c1ccccc1)/C=C\C=C\c1ccccc1. The Morgan fingerprint density at radius 2 is 1.00 bits per heavy atom. The molecule has 2 aromatic rings. The van der Waals surface area contributed by atoms with Crippen molar-refractivity contribution in [3.63, 3.8) is 0 Å². The van der Waals surface area contributed by atoms with Crippen molar-refractivity contribution in [3.8, 4) is 0 Å². The molecule has 0 aliphatic heterocycles. The molecule has 0 unspecified atom stereocenters. The molecule has 1 heteroatoms. The van der Waals surface area contributed by atoms with Gasteiger partial charge in [-0.15, -0.1) is 0 Å². The molecule has 0 atom stereocenters. The standard InChI is InChI=1S/C21H18O/c22-21(17-9-7-15-19-11-3-1-4-12-19)18-10-8-16-20-13-5-2-6-14-20/h1-18H/b15-7+,16-8+,17-9-,18-10-. The van der Waals surface area contributed by atoms with E-state index in [1.807, 2.05) is 85.0 Å². The van der Waals surface area contributed by atoms with E-state index in [1.54, 1.807) is 24.3 Å². The molecular formula is C21H18O. The Bertz CT molecular complexity index is 628. The zero-order chi connectivity index (χ0) is 15.5. The molecule has 2 rings (SSSR count). The van der Waals surface area contributed by atoms with Crippen molar-refractivity contribution >= 4 is 17.9 Å². The molecule has 0 amide bonds. The Kier molecular flexibility index (Phi) is 6.39. The number of allylic oxidation sites excluding steroid dienone is 6. The quantitative estimate of drug-likeness (QED) is 0.533. The molecule has 108 valence electrons. The number of rotatable bonds is 6. The van der Waals surface area contributed by atoms with Crippen LogP contribution in [0.5, 0.6) is 0 Å². The van der Waals surface area contributed by atoms with Gasteiger partial charge < -0.3 is 0 Å². The normalized spacial score (nSPS) is 12.0. The van der Waals surface area contributed by atoms with Crippen LogP contribution >= 0.6 is 0 Å². The molecular weight excluding hydrogens is 268 g/mol. The summed E-state index contributed by atoms with van der Waals surface area (Å²) in [5, 5.41) is 0. The number of benzene rings is 2. The maximum atomic E-state index is 11.6. The number of ketones is 1. The topological polar surface area (TPSA) is 17.1 Å². The molecule has 0 aromatic heterocycles. The van der Waals surface area contributed by atoms with Gasteiger partial charge in [0.25, 0.3) is 0 Å². The molecule has 22 heavy (non-hydrogen) atoms. The van der Waals surface area contributed by atoms with E-state index in [2.05, 4.69) is 0 Å². The first kappa shape index (κ1) is 15.5. The molecule has 1 nitrogen and oxygen atoms in total. The molecule has 0 heterocycles. The van der Waals surface area contributed by atoms with E-state index in [4.69, 9.17) is 0 Å². The van der Waals surface area contributed by atoms with Crippen molar-refractivity contribution in [3.05, 3.63) is 108 Å². The van der Waals surface area contributed by atoms with Crippen LogP contribution in [-0.2, 0) is 4.79 Å². The summed E-state index contributed by atoms with van der Waals surface area (Å²) in [5.41, 5.74) is 2.22. The average molecular weight is 286 g/mol. The van der Waals surface area contributed by atoms with Crippen molar-refractivity contribution in [2.45, 2.75) is 0 Å². The van der Waals surface area contributed by atoms with Gasteiger partial charge in [0.1, 0.15) is 0 Å². The van der Waals surface area contributed by atoms with Gasteiger partial charge >= 0.3 is 0 Å². The third-order valence-electron chi connectivity index (χ3n) is 2.92. The summed E-state index contributed by atoms with van der Waals surface area (Å²) in [6.07, 6.45) is 14.2. The summed E-state index contributed by atoms with van der Waals surface area (Å²) in [7, 11) is 0. The van der Waals surface area contributed by atoms with Gasteiger partial charge in [0, 0.05) is 0 Å². The van der Waals surface area contributed by atoms with Crippen molar-refractivity contribution in [1.82, 2.24) is 0 Å². The van der Waals surface area contributed by atoms with E-state index in [-0.39, 0.29) is 5.78 Å². The zero-order valence-electron chi connectivity index (χ0n) is 12.3. The highest BCUT2D eigenvalue weighted by molar-refractivity contribution is 5.99. The molecule has 0 aliphatic rings. The molecule has 0 saturated carbocycles. The van der Waals surface area contributed by atoms with Gasteiger partial charge in [-0.1, -0.05) is 97.1 Å². The Morgan fingerprint density at radius 3 is 1.41 bits per heavy atom. The third-order valence-corrected chi connectivity index (χ3v) is 2.92. The highest BCUT2D eigenvalue weighted by Crippen LogP contribution is 2.02. The predicted octanol–water partition coefficient (Wildman–Crippen LogP) is 5.09. The van der Waals surface area contributed by atoms with Crippen LogP contribution in [0.4, 0.5) is 0 Å². The van der Waals surface area contributed by atoms with Gasteiger partial charge in [-0.2, -0.15) is 0 Å². The lowest BCUT2D eigenvalue weighted by Gasteiger charge is -1.88. The van der Waals surface area contributed by atoms with E-state index in [0.29, 0.717) is 0 Å². The summed E-state index contributed by atoms with van der Waals surface area (Å²) in [5.74, 6) is -0.0320. The van der Waals surface area contributed by atoms with Crippen LogP contribution in [-0.4, -0.2) is 5.78 Å². The number of hydrogen-bond donors (Lipinski definition) is 0. The minimum absolute atomic E-state index is 0.0320. The lowest BCUT2D eigenvalue weighted by atomic mass is 10.2. The van der Waals surface area contributed by atoms with E-state index >= 15 is 0 Å². The summed E-state index contributed by atoms with van der Waals surface area (Å²) >= 11 is 0. The van der Waals surface area contributed by atoms with Crippen molar-refractivity contribution in [2.24, 2.45) is 0 Å². The van der Waals surface area contributed by atoms with E-state index in [1.165, 1.54) is 0 Å².